The molecular formula is C20H22F2N2O2S. The predicted molar refractivity (Wildman–Crippen MR) is 103 cm³/mol. The van der Waals surface area contributed by atoms with Gasteiger partial charge in [-0.2, -0.15) is 4.31 Å². The monoisotopic (exact) mass is 392 g/mol. The van der Waals surface area contributed by atoms with Crippen LogP contribution < -0.4 is 0 Å². The summed E-state index contributed by atoms with van der Waals surface area (Å²) in [4.78, 5) is 0. The van der Waals surface area contributed by atoms with Crippen LogP contribution in [0.5, 0.6) is 0 Å². The zero-order valence-electron chi connectivity index (χ0n) is 15.2. The van der Waals surface area contributed by atoms with Gasteiger partial charge in [0.05, 0.1) is 17.3 Å². The Morgan fingerprint density at radius 2 is 1.59 bits per heavy atom. The Bertz CT molecular complexity index is 1040. The van der Waals surface area contributed by atoms with E-state index >= 15 is 0 Å². The van der Waals surface area contributed by atoms with E-state index in [4.69, 9.17) is 0 Å². The number of sulfonamides is 1. The molecule has 0 N–H and O–H groups in total. The number of aromatic nitrogens is 1. The summed E-state index contributed by atoms with van der Waals surface area (Å²) in [6, 6.07) is 9.21. The van der Waals surface area contributed by atoms with Gasteiger partial charge < -0.3 is 4.57 Å². The first-order valence-corrected chi connectivity index (χ1v) is 11.0. The molecule has 0 atom stereocenters. The fraction of sp³-hybridized carbons (Fsp3) is 0.400. The Labute approximate surface area is 157 Å². The van der Waals surface area contributed by atoms with Crippen molar-refractivity contribution in [3.8, 4) is 0 Å². The van der Waals surface area contributed by atoms with Crippen molar-refractivity contribution in [3.63, 3.8) is 0 Å². The Balaban J connectivity index is 1.66. The van der Waals surface area contributed by atoms with Crippen LogP contribution in [0.15, 0.2) is 36.4 Å². The molecule has 4 rings (SSSR count). The maximum absolute atomic E-state index is 13.8. The highest BCUT2D eigenvalue weighted by Crippen LogP contribution is 2.31. The molecule has 7 heteroatoms. The average molecular weight is 392 g/mol. The normalized spacial score (nSPS) is 15.7. The van der Waals surface area contributed by atoms with Crippen molar-refractivity contribution in [1.29, 1.82) is 0 Å². The zero-order valence-corrected chi connectivity index (χ0v) is 16.0. The Morgan fingerprint density at radius 3 is 2.04 bits per heavy atom. The quantitative estimate of drug-likeness (QED) is 0.628. The Hall–Kier alpha value is -1.99. The number of benzene rings is 2. The summed E-state index contributed by atoms with van der Waals surface area (Å²) in [5.41, 5.74) is 1.40. The van der Waals surface area contributed by atoms with Gasteiger partial charge in [0.1, 0.15) is 11.6 Å². The molecule has 1 heterocycles. The minimum Gasteiger partial charge on any atom is -0.340 e. The van der Waals surface area contributed by atoms with E-state index < -0.39 is 10.0 Å². The van der Waals surface area contributed by atoms with E-state index in [0.717, 1.165) is 30.0 Å². The molecular weight excluding hydrogens is 370 g/mol. The lowest BCUT2D eigenvalue weighted by molar-refractivity contribution is 0.217. The van der Waals surface area contributed by atoms with E-state index in [1.54, 1.807) is 16.4 Å². The molecule has 27 heavy (non-hydrogen) atoms. The molecule has 0 unspecified atom stereocenters. The van der Waals surface area contributed by atoms with Crippen LogP contribution in [0.25, 0.3) is 21.8 Å². The summed E-state index contributed by atoms with van der Waals surface area (Å²) < 4.78 is 55.3. The Kier molecular flexibility index (Phi) is 4.68. The van der Waals surface area contributed by atoms with E-state index in [9.17, 15) is 17.2 Å². The van der Waals surface area contributed by atoms with Crippen LogP contribution in [0.4, 0.5) is 8.78 Å². The first-order chi connectivity index (χ1) is 12.8. The molecule has 1 saturated carbocycles. The third kappa shape index (κ3) is 3.46. The van der Waals surface area contributed by atoms with Gasteiger partial charge in [0, 0.05) is 29.9 Å². The molecule has 1 fully saturated rings. The average Bonchev–Trinajstić information content (AvgIpc) is 2.83. The summed E-state index contributed by atoms with van der Waals surface area (Å²) >= 11 is 0. The first-order valence-electron chi connectivity index (χ1n) is 9.18. The minimum absolute atomic E-state index is 0.0908. The third-order valence-corrected chi connectivity index (χ3v) is 6.79. The number of rotatable bonds is 6. The lowest BCUT2D eigenvalue weighted by Crippen LogP contribution is -2.44. The van der Waals surface area contributed by atoms with Crippen LogP contribution in [0.1, 0.15) is 25.7 Å². The highest BCUT2D eigenvalue weighted by atomic mass is 32.2. The van der Waals surface area contributed by atoms with E-state index in [1.165, 1.54) is 30.5 Å². The van der Waals surface area contributed by atoms with Gasteiger partial charge in [-0.3, -0.25) is 0 Å². The van der Waals surface area contributed by atoms with E-state index in [-0.39, 0.29) is 17.7 Å². The number of hydrogen-bond donors (Lipinski definition) is 0. The van der Waals surface area contributed by atoms with Gasteiger partial charge in [-0.05, 0) is 55.7 Å². The summed E-state index contributed by atoms with van der Waals surface area (Å²) in [6.07, 6.45) is 4.69. The molecule has 0 bridgehead atoms. The molecule has 3 aromatic rings. The molecule has 1 aliphatic carbocycles. The number of aryl methyl sites for hydroxylation is 1. The molecule has 0 saturated heterocycles. The van der Waals surface area contributed by atoms with Crippen molar-refractivity contribution in [2.75, 3.05) is 12.8 Å². The second-order valence-corrected chi connectivity index (χ2v) is 9.22. The maximum atomic E-state index is 13.8. The maximum Gasteiger partial charge on any atom is 0.211 e. The van der Waals surface area contributed by atoms with Crippen molar-refractivity contribution in [2.45, 2.75) is 38.3 Å². The van der Waals surface area contributed by atoms with E-state index in [0.29, 0.717) is 30.5 Å². The third-order valence-electron chi connectivity index (χ3n) is 5.46. The molecule has 144 valence electrons. The van der Waals surface area contributed by atoms with Gasteiger partial charge in [0.2, 0.25) is 10.0 Å². The second-order valence-electron chi connectivity index (χ2n) is 7.29. The minimum atomic E-state index is -3.26. The highest BCUT2D eigenvalue weighted by molar-refractivity contribution is 7.88. The fourth-order valence-corrected chi connectivity index (χ4v) is 5.17. The largest absolute Gasteiger partial charge is 0.340 e. The van der Waals surface area contributed by atoms with Crippen molar-refractivity contribution < 1.29 is 17.2 Å². The van der Waals surface area contributed by atoms with Gasteiger partial charge in [0.25, 0.3) is 0 Å². The van der Waals surface area contributed by atoms with Crippen LogP contribution >= 0.6 is 0 Å². The fourth-order valence-electron chi connectivity index (χ4n) is 3.96. The van der Waals surface area contributed by atoms with Crippen LogP contribution in [0.3, 0.4) is 0 Å². The molecule has 1 aromatic heterocycles. The molecule has 0 spiro atoms. The van der Waals surface area contributed by atoms with Gasteiger partial charge in [0.15, 0.2) is 0 Å². The summed E-state index contributed by atoms with van der Waals surface area (Å²) in [5.74, 6) is -0.696. The van der Waals surface area contributed by atoms with Gasteiger partial charge in [-0.25, -0.2) is 17.2 Å². The van der Waals surface area contributed by atoms with E-state index in [2.05, 4.69) is 0 Å². The van der Waals surface area contributed by atoms with Crippen LogP contribution in [0.2, 0.25) is 0 Å². The Morgan fingerprint density at radius 1 is 1.04 bits per heavy atom. The highest BCUT2D eigenvalue weighted by Gasteiger charge is 2.30. The van der Waals surface area contributed by atoms with Crippen molar-refractivity contribution in [1.82, 2.24) is 8.87 Å². The van der Waals surface area contributed by atoms with Crippen molar-refractivity contribution in [2.24, 2.45) is 0 Å². The molecule has 4 nitrogen and oxygen atoms in total. The van der Waals surface area contributed by atoms with Crippen LogP contribution in [0, 0.1) is 11.6 Å². The van der Waals surface area contributed by atoms with Crippen molar-refractivity contribution in [3.05, 3.63) is 48.0 Å². The zero-order chi connectivity index (χ0) is 19.2. The molecule has 1 aliphatic rings. The lowest BCUT2D eigenvalue weighted by atomic mass is 9.93. The smallest absolute Gasteiger partial charge is 0.211 e. The second kappa shape index (κ2) is 6.87. The van der Waals surface area contributed by atoms with Crippen LogP contribution in [-0.2, 0) is 16.6 Å². The summed E-state index contributed by atoms with van der Waals surface area (Å²) in [7, 11) is -3.26. The topological polar surface area (TPSA) is 42.3 Å². The van der Waals surface area contributed by atoms with Gasteiger partial charge in [-0.15, -0.1) is 0 Å². The van der Waals surface area contributed by atoms with E-state index in [1.807, 2.05) is 4.57 Å². The molecule has 0 radical (unpaired) electrons. The van der Waals surface area contributed by atoms with Gasteiger partial charge in [-0.1, -0.05) is 6.42 Å². The standard InChI is InChI=1S/C20H22F2N2O2S/c1-27(25,26)24(16-4-2-5-16)11-3-10-23-19-12-14(21)6-8-17(19)18-9-7-15(22)13-20(18)23/h6-9,12-13,16H,2-5,10-11H2,1H3. The number of nitrogens with zero attached hydrogens (tertiary/aromatic N) is 2. The number of halogens is 2. The SMILES string of the molecule is CS(=O)(=O)N(CCCn1c2cc(F)ccc2c2ccc(F)cc21)C1CCC1. The van der Waals surface area contributed by atoms with Gasteiger partial charge >= 0.3 is 0 Å². The van der Waals surface area contributed by atoms with Crippen molar-refractivity contribution >= 4 is 31.8 Å². The number of fused-ring (bicyclic) bond motifs is 3. The summed E-state index contributed by atoms with van der Waals surface area (Å²) in [5, 5.41) is 1.73. The first kappa shape index (κ1) is 18.4. The molecule has 0 aliphatic heterocycles. The van der Waals surface area contributed by atoms with Crippen LogP contribution in [-0.4, -0.2) is 36.1 Å². The predicted octanol–water partition coefficient (Wildman–Crippen LogP) is 4.28. The summed E-state index contributed by atoms with van der Waals surface area (Å²) in [6.45, 7) is 0.904. The molecule has 2 aromatic carbocycles. The lowest BCUT2D eigenvalue weighted by Gasteiger charge is -2.35. The number of hydrogen-bond acceptors (Lipinski definition) is 2. The molecule has 0 amide bonds.